The molecule has 0 aromatic heterocycles. The Morgan fingerprint density at radius 3 is 2.47 bits per heavy atom. The predicted molar refractivity (Wildman–Crippen MR) is 82.1 cm³/mol. The highest BCUT2D eigenvalue weighted by molar-refractivity contribution is 5.94. The van der Waals surface area contributed by atoms with Crippen LogP contribution < -0.4 is 10.6 Å². The molecule has 106 valence electrons. The quantitative estimate of drug-likeness (QED) is 0.893. The van der Waals surface area contributed by atoms with Crippen LogP contribution in [0.4, 0.5) is 5.69 Å². The Morgan fingerprint density at radius 1 is 1.26 bits per heavy atom. The Bertz CT molecular complexity index is 397. The second-order valence-corrected chi connectivity index (χ2v) is 5.27. The smallest absolute Gasteiger partial charge is 0.241 e. The number of amides is 1. The third-order valence-electron chi connectivity index (χ3n) is 3.47. The average Bonchev–Trinajstić information content (AvgIpc) is 2.40. The van der Waals surface area contributed by atoms with E-state index in [2.05, 4.69) is 36.6 Å². The zero-order valence-corrected chi connectivity index (χ0v) is 12.4. The number of nitrogens with one attached hydrogen (secondary N) is 2. The third kappa shape index (κ3) is 4.51. The van der Waals surface area contributed by atoms with Crippen LogP contribution in [0.15, 0.2) is 24.3 Å². The topological polar surface area (TPSA) is 41.1 Å². The minimum absolute atomic E-state index is 0. The highest BCUT2D eigenvalue weighted by Crippen LogP contribution is 2.17. The molecule has 1 saturated heterocycles. The summed E-state index contributed by atoms with van der Waals surface area (Å²) in [5.41, 5.74) is 2.18. The summed E-state index contributed by atoms with van der Waals surface area (Å²) in [5.74, 6) is 0.613. The second-order valence-electron chi connectivity index (χ2n) is 5.27. The molecule has 1 aromatic rings. The summed E-state index contributed by atoms with van der Waals surface area (Å²) in [7, 11) is 0. The van der Waals surface area contributed by atoms with Gasteiger partial charge in [-0.05, 0) is 43.0 Å². The Labute approximate surface area is 121 Å². The lowest BCUT2D eigenvalue weighted by atomic mass is 10.0. The molecule has 1 amide bonds. The third-order valence-corrected chi connectivity index (χ3v) is 3.47. The normalized spacial score (nSPS) is 18.8. The van der Waals surface area contributed by atoms with Crippen LogP contribution in [0.5, 0.6) is 0 Å². The molecule has 1 aliphatic rings. The molecule has 1 aliphatic heterocycles. The van der Waals surface area contributed by atoms with E-state index in [-0.39, 0.29) is 24.4 Å². The minimum Gasteiger partial charge on any atom is -0.325 e. The first-order valence-electron chi connectivity index (χ1n) is 6.81. The fourth-order valence-electron chi connectivity index (χ4n) is 2.26. The van der Waals surface area contributed by atoms with Crippen LogP contribution in [0.2, 0.25) is 0 Å². The zero-order chi connectivity index (χ0) is 13.0. The molecule has 0 saturated carbocycles. The number of anilines is 1. The Hall–Kier alpha value is -1.06. The molecule has 2 rings (SSSR count). The molecular formula is C15H23ClN2O. The molecule has 4 heteroatoms. The van der Waals surface area contributed by atoms with Crippen LogP contribution >= 0.6 is 12.4 Å². The summed E-state index contributed by atoms with van der Waals surface area (Å²) in [5, 5.41) is 6.23. The maximum atomic E-state index is 12.0. The van der Waals surface area contributed by atoms with Crippen LogP contribution in [0.3, 0.4) is 0 Å². The van der Waals surface area contributed by atoms with Crippen molar-refractivity contribution in [2.75, 3.05) is 11.9 Å². The van der Waals surface area contributed by atoms with Crippen molar-refractivity contribution >= 4 is 24.0 Å². The number of carbonyl (C=O) groups is 1. The van der Waals surface area contributed by atoms with Crippen LogP contribution in [0.1, 0.15) is 44.6 Å². The van der Waals surface area contributed by atoms with Gasteiger partial charge in [-0.3, -0.25) is 4.79 Å². The lowest BCUT2D eigenvalue weighted by Gasteiger charge is -2.22. The first-order chi connectivity index (χ1) is 8.66. The maximum Gasteiger partial charge on any atom is 0.241 e. The summed E-state index contributed by atoms with van der Waals surface area (Å²) in [6.45, 7) is 5.28. The summed E-state index contributed by atoms with van der Waals surface area (Å²) < 4.78 is 0. The van der Waals surface area contributed by atoms with Gasteiger partial charge < -0.3 is 10.6 Å². The molecular weight excluding hydrogens is 260 g/mol. The van der Waals surface area contributed by atoms with Crippen molar-refractivity contribution in [3.8, 4) is 0 Å². The van der Waals surface area contributed by atoms with Gasteiger partial charge in [0, 0.05) is 5.69 Å². The van der Waals surface area contributed by atoms with Gasteiger partial charge in [-0.25, -0.2) is 0 Å². The molecule has 1 heterocycles. The summed E-state index contributed by atoms with van der Waals surface area (Å²) in [4.78, 5) is 12.0. The van der Waals surface area contributed by atoms with Gasteiger partial charge in [-0.1, -0.05) is 32.4 Å². The van der Waals surface area contributed by atoms with E-state index >= 15 is 0 Å². The largest absolute Gasteiger partial charge is 0.325 e. The van der Waals surface area contributed by atoms with Crippen molar-refractivity contribution in [3.63, 3.8) is 0 Å². The second kappa shape index (κ2) is 7.51. The van der Waals surface area contributed by atoms with Crippen molar-refractivity contribution in [3.05, 3.63) is 29.8 Å². The van der Waals surface area contributed by atoms with Crippen LogP contribution in [0, 0.1) is 0 Å². The van der Waals surface area contributed by atoms with Crippen LogP contribution in [-0.2, 0) is 4.79 Å². The number of rotatable bonds is 3. The van der Waals surface area contributed by atoms with E-state index in [0.29, 0.717) is 5.92 Å². The predicted octanol–water partition coefficient (Wildman–Crippen LogP) is 3.31. The molecule has 0 spiro atoms. The molecule has 0 aliphatic carbocycles. The lowest BCUT2D eigenvalue weighted by molar-refractivity contribution is -0.118. The number of hydrogen-bond acceptors (Lipinski definition) is 2. The van der Waals surface area contributed by atoms with Crippen molar-refractivity contribution in [1.29, 1.82) is 0 Å². The van der Waals surface area contributed by atoms with E-state index in [1.54, 1.807) is 0 Å². The molecule has 0 bridgehead atoms. The fourth-order valence-corrected chi connectivity index (χ4v) is 2.26. The summed E-state index contributed by atoms with van der Waals surface area (Å²) in [6.07, 6.45) is 3.25. The monoisotopic (exact) mass is 282 g/mol. The van der Waals surface area contributed by atoms with Crippen molar-refractivity contribution in [2.24, 2.45) is 0 Å². The lowest BCUT2D eigenvalue weighted by Crippen LogP contribution is -2.43. The van der Waals surface area contributed by atoms with Gasteiger partial charge in [-0.2, -0.15) is 0 Å². The fraction of sp³-hybridized carbons (Fsp3) is 0.533. The van der Waals surface area contributed by atoms with Crippen molar-refractivity contribution in [1.82, 2.24) is 5.32 Å². The van der Waals surface area contributed by atoms with Gasteiger partial charge in [0.2, 0.25) is 5.91 Å². The van der Waals surface area contributed by atoms with Gasteiger partial charge in [-0.15, -0.1) is 12.4 Å². The van der Waals surface area contributed by atoms with Gasteiger partial charge in [0.05, 0.1) is 6.04 Å². The van der Waals surface area contributed by atoms with E-state index in [1.165, 1.54) is 12.0 Å². The van der Waals surface area contributed by atoms with Gasteiger partial charge in [0.1, 0.15) is 0 Å². The van der Waals surface area contributed by atoms with E-state index < -0.39 is 0 Å². The molecule has 1 atom stereocenters. The maximum absolute atomic E-state index is 12.0. The number of hydrogen-bond donors (Lipinski definition) is 2. The number of halogens is 1. The van der Waals surface area contributed by atoms with Crippen LogP contribution in [0.25, 0.3) is 0 Å². The van der Waals surface area contributed by atoms with E-state index in [4.69, 9.17) is 0 Å². The van der Waals surface area contributed by atoms with Gasteiger partial charge in [0.15, 0.2) is 0 Å². The van der Waals surface area contributed by atoms with E-state index in [0.717, 1.165) is 25.1 Å². The number of carbonyl (C=O) groups excluding carboxylic acids is 1. The van der Waals surface area contributed by atoms with E-state index in [9.17, 15) is 4.79 Å². The Balaban J connectivity index is 0.00000180. The molecule has 1 aromatic carbocycles. The average molecular weight is 283 g/mol. The Morgan fingerprint density at radius 2 is 1.95 bits per heavy atom. The van der Waals surface area contributed by atoms with Gasteiger partial charge >= 0.3 is 0 Å². The summed E-state index contributed by atoms with van der Waals surface area (Å²) in [6, 6.07) is 8.10. The van der Waals surface area contributed by atoms with Gasteiger partial charge in [0.25, 0.3) is 0 Å². The van der Waals surface area contributed by atoms with E-state index in [1.807, 2.05) is 12.1 Å². The molecule has 1 unspecified atom stereocenters. The molecule has 0 radical (unpaired) electrons. The highest BCUT2D eigenvalue weighted by Gasteiger charge is 2.20. The first-order valence-corrected chi connectivity index (χ1v) is 6.81. The SMILES string of the molecule is CC(C)c1ccc(NC(=O)C2CCCCN2)cc1.Cl. The molecule has 2 N–H and O–H groups in total. The summed E-state index contributed by atoms with van der Waals surface area (Å²) >= 11 is 0. The molecule has 1 fully saturated rings. The first kappa shape index (κ1) is 16.0. The standard InChI is InChI=1S/C15H22N2O.ClH/c1-11(2)12-6-8-13(9-7-12)17-15(18)14-5-3-4-10-16-14;/h6-9,11,14,16H,3-5,10H2,1-2H3,(H,17,18);1H. The van der Waals surface area contributed by atoms with Crippen molar-refractivity contribution in [2.45, 2.75) is 45.1 Å². The minimum atomic E-state index is -0.0245. The zero-order valence-electron chi connectivity index (χ0n) is 11.6. The number of benzene rings is 1. The Kier molecular flexibility index (Phi) is 6.32. The molecule has 3 nitrogen and oxygen atoms in total. The highest BCUT2D eigenvalue weighted by atomic mass is 35.5. The van der Waals surface area contributed by atoms with Crippen molar-refractivity contribution < 1.29 is 4.79 Å². The number of piperidine rings is 1. The van der Waals surface area contributed by atoms with Crippen LogP contribution in [-0.4, -0.2) is 18.5 Å². The molecule has 19 heavy (non-hydrogen) atoms.